The number of nitrogen functional groups attached to an aromatic ring is 1. The highest BCUT2D eigenvalue weighted by Crippen LogP contribution is 2.21. The number of nitrogens with zero attached hydrogens (tertiary/aromatic N) is 2. The summed E-state index contributed by atoms with van der Waals surface area (Å²) in [4.78, 5) is 5.78. The van der Waals surface area contributed by atoms with Gasteiger partial charge in [0.15, 0.2) is 5.82 Å². The summed E-state index contributed by atoms with van der Waals surface area (Å²) in [6, 6.07) is 10.0. The van der Waals surface area contributed by atoms with Crippen LogP contribution < -0.4 is 5.73 Å². The lowest BCUT2D eigenvalue weighted by molar-refractivity contribution is 0.984. The van der Waals surface area contributed by atoms with E-state index in [1.807, 2.05) is 31.2 Å². The van der Waals surface area contributed by atoms with Gasteiger partial charge in [-0.3, -0.25) is 5.10 Å². The Labute approximate surface area is 115 Å². The number of nitrogens with one attached hydrogen (secondary N) is 1. The van der Waals surface area contributed by atoms with Crippen LogP contribution in [0, 0.1) is 6.92 Å². The fourth-order valence-electron chi connectivity index (χ4n) is 1.86. The van der Waals surface area contributed by atoms with E-state index >= 15 is 0 Å². The molecule has 3 N–H and O–H groups in total. The van der Waals surface area contributed by atoms with Crippen molar-refractivity contribution < 1.29 is 0 Å². The van der Waals surface area contributed by atoms with E-state index in [-0.39, 0.29) is 0 Å². The lowest BCUT2D eigenvalue weighted by atomic mass is 10.1. The minimum absolute atomic E-state index is 0.693. The molecular formula is C14H14N4S. The van der Waals surface area contributed by atoms with Gasteiger partial charge >= 0.3 is 0 Å². The Kier molecular flexibility index (Phi) is 3.05. The molecule has 0 saturated heterocycles. The van der Waals surface area contributed by atoms with Gasteiger partial charge in [-0.1, -0.05) is 18.2 Å². The SMILES string of the molecule is Cc1ccc(-c2n[nH]c(Cc3cccs3)n2)cc1N. The topological polar surface area (TPSA) is 67.6 Å². The molecule has 3 aromatic rings. The van der Waals surface area contributed by atoms with E-state index in [4.69, 9.17) is 5.73 Å². The smallest absolute Gasteiger partial charge is 0.181 e. The molecule has 0 aliphatic heterocycles. The van der Waals surface area contributed by atoms with Crippen molar-refractivity contribution in [3.63, 3.8) is 0 Å². The lowest BCUT2D eigenvalue weighted by Gasteiger charge is -2.01. The molecule has 0 amide bonds. The molecule has 0 aliphatic carbocycles. The van der Waals surface area contributed by atoms with Gasteiger partial charge in [0.2, 0.25) is 0 Å². The van der Waals surface area contributed by atoms with Crippen molar-refractivity contribution in [2.24, 2.45) is 0 Å². The van der Waals surface area contributed by atoms with Crippen molar-refractivity contribution in [3.8, 4) is 11.4 Å². The average molecular weight is 270 g/mol. The molecule has 0 aliphatic rings. The molecule has 0 radical (unpaired) electrons. The third kappa shape index (κ3) is 2.51. The summed E-state index contributed by atoms with van der Waals surface area (Å²) in [5.41, 5.74) is 8.69. The van der Waals surface area contributed by atoms with E-state index in [0.29, 0.717) is 5.82 Å². The molecule has 0 unspecified atom stereocenters. The van der Waals surface area contributed by atoms with Crippen LogP contribution in [0.4, 0.5) is 5.69 Å². The first-order valence-corrected chi connectivity index (χ1v) is 6.90. The fraction of sp³-hybridized carbons (Fsp3) is 0.143. The number of hydrogen-bond acceptors (Lipinski definition) is 4. The molecular weight excluding hydrogens is 256 g/mol. The fourth-order valence-corrected chi connectivity index (χ4v) is 2.57. The van der Waals surface area contributed by atoms with Crippen molar-refractivity contribution in [1.29, 1.82) is 0 Å². The van der Waals surface area contributed by atoms with Gasteiger partial charge in [-0.15, -0.1) is 11.3 Å². The van der Waals surface area contributed by atoms with E-state index in [1.165, 1.54) is 4.88 Å². The molecule has 0 spiro atoms. The Balaban J connectivity index is 1.86. The maximum Gasteiger partial charge on any atom is 0.181 e. The van der Waals surface area contributed by atoms with Gasteiger partial charge in [-0.25, -0.2) is 4.98 Å². The maximum atomic E-state index is 5.91. The number of benzene rings is 1. The second-order valence-corrected chi connectivity index (χ2v) is 5.47. The summed E-state index contributed by atoms with van der Waals surface area (Å²) < 4.78 is 0. The summed E-state index contributed by atoms with van der Waals surface area (Å²) in [6.07, 6.45) is 0.784. The average Bonchev–Trinajstić information content (AvgIpc) is 3.05. The number of rotatable bonds is 3. The van der Waals surface area contributed by atoms with Crippen LogP contribution in [0.15, 0.2) is 35.7 Å². The monoisotopic (exact) mass is 270 g/mol. The number of aromatic nitrogens is 3. The number of thiophene rings is 1. The summed E-state index contributed by atoms with van der Waals surface area (Å²) in [5, 5.41) is 9.29. The number of aromatic amines is 1. The molecule has 2 aromatic heterocycles. The number of nitrogens with two attached hydrogens (primary N) is 1. The second kappa shape index (κ2) is 4.85. The predicted octanol–water partition coefficient (Wildman–Crippen LogP) is 3.01. The third-order valence-electron chi connectivity index (χ3n) is 2.99. The van der Waals surface area contributed by atoms with E-state index in [0.717, 1.165) is 29.1 Å². The first-order valence-electron chi connectivity index (χ1n) is 6.02. The number of anilines is 1. The predicted molar refractivity (Wildman–Crippen MR) is 78.1 cm³/mol. The van der Waals surface area contributed by atoms with Crippen molar-refractivity contribution in [2.75, 3.05) is 5.73 Å². The minimum Gasteiger partial charge on any atom is -0.398 e. The summed E-state index contributed by atoms with van der Waals surface area (Å²) in [6.45, 7) is 1.99. The van der Waals surface area contributed by atoms with Gasteiger partial charge in [0.05, 0.1) is 0 Å². The van der Waals surface area contributed by atoms with E-state index in [9.17, 15) is 0 Å². The van der Waals surface area contributed by atoms with Gasteiger partial charge in [0.1, 0.15) is 5.82 Å². The number of H-pyrrole nitrogens is 1. The normalized spacial score (nSPS) is 10.8. The summed E-state index contributed by atoms with van der Waals surface area (Å²) >= 11 is 1.72. The Morgan fingerprint density at radius 3 is 2.95 bits per heavy atom. The van der Waals surface area contributed by atoms with Crippen LogP contribution in [0.5, 0.6) is 0 Å². The Morgan fingerprint density at radius 2 is 2.21 bits per heavy atom. The van der Waals surface area contributed by atoms with E-state index < -0.39 is 0 Å². The molecule has 96 valence electrons. The Morgan fingerprint density at radius 1 is 1.32 bits per heavy atom. The van der Waals surface area contributed by atoms with Crippen LogP contribution in [0.2, 0.25) is 0 Å². The number of hydrogen-bond donors (Lipinski definition) is 2. The van der Waals surface area contributed by atoms with Gasteiger partial charge in [0, 0.05) is 22.5 Å². The maximum absolute atomic E-state index is 5.91. The van der Waals surface area contributed by atoms with Gasteiger partial charge in [0.25, 0.3) is 0 Å². The van der Waals surface area contributed by atoms with Crippen LogP contribution in [0.3, 0.4) is 0 Å². The molecule has 5 heteroatoms. The molecule has 0 saturated carbocycles. The zero-order valence-corrected chi connectivity index (χ0v) is 11.4. The van der Waals surface area contributed by atoms with Crippen LogP contribution in [0.25, 0.3) is 11.4 Å². The van der Waals surface area contributed by atoms with Crippen molar-refractivity contribution in [3.05, 3.63) is 52.0 Å². The van der Waals surface area contributed by atoms with Crippen LogP contribution in [0.1, 0.15) is 16.3 Å². The molecule has 0 fully saturated rings. The second-order valence-electron chi connectivity index (χ2n) is 4.43. The van der Waals surface area contributed by atoms with Crippen LogP contribution >= 0.6 is 11.3 Å². The highest BCUT2D eigenvalue weighted by atomic mass is 32.1. The van der Waals surface area contributed by atoms with Crippen LogP contribution in [-0.2, 0) is 6.42 Å². The van der Waals surface area contributed by atoms with Crippen molar-refractivity contribution in [2.45, 2.75) is 13.3 Å². The Bertz CT molecular complexity index is 685. The molecule has 0 atom stereocenters. The highest BCUT2D eigenvalue weighted by molar-refractivity contribution is 7.09. The summed E-state index contributed by atoms with van der Waals surface area (Å²) in [7, 11) is 0. The van der Waals surface area contributed by atoms with Crippen molar-refractivity contribution >= 4 is 17.0 Å². The first kappa shape index (κ1) is 11.9. The summed E-state index contributed by atoms with van der Waals surface area (Å²) in [5.74, 6) is 1.56. The highest BCUT2D eigenvalue weighted by Gasteiger charge is 2.08. The van der Waals surface area contributed by atoms with Gasteiger partial charge in [-0.2, -0.15) is 5.10 Å². The standard InChI is InChI=1S/C14H14N4S/c1-9-4-5-10(7-12(9)15)14-16-13(17-18-14)8-11-3-2-6-19-11/h2-7H,8,15H2,1H3,(H,16,17,18). The van der Waals surface area contributed by atoms with Gasteiger partial charge < -0.3 is 5.73 Å². The molecule has 2 heterocycles. The molecule has 1 aromatic carbocycles. The zero-order chi connectivity index (χ0) is 13.2. The van der Waals surface area contributed by atoms with Crippen molar-refractivity contribution in [1.82, 2.24) is 15.2 Å². The molecule has 19 heavy (non-hydrogen) atoms. The largest absolute Gasteiger partial charge is 0.398 e. The quantitative estimate of drug-likeness (QED) is 0.719. The lowest BCUT2D eigenvalue weighted by Crippen LogP contribution is -1.91. The van der Waals surface area contributed by atoms with Crippen LogP contribution in [-0.4, -0.2) is 15.2 Å². The molecule has 0 bridgehead atoms. The third-order valence-corrected chi connectivity index (χ3v) is 3.87. The minimum atomic E-state index is 0.693. The van der Waals surface area contributed by atoms with E-state index in [1.54, 1.807) is 11.3 Å². The molecule has 3 rings (SSSR count). The Hall–Kier alpha value is -2.14. The van der Waals surface area contributed by atoms with E-state index in [2.05, 4.69) is 26.6 Å². The number of aryl methyl sites for hydroxylation is 1. The van der Waals surface area contributed by atoms with Gasteiger partial charge in [-0.05, 0) is 30.0 Å². The zero-order valence-electron chi connectivity index (χ0n) is 10.6. The molecule has 4 nitrogen and oxygen atoms in total. The first-order chi connectivity index (χ1) is 9.22.